The first-order valence-electron chi connectivity index (χ1n) is 9.08. The van der Waals surface area contributed by atoms with Crippen molar-refractivity contribution in [1.29, 1.82) is 0 Å². The smallest absolute Gasteiger partial charge is 0.331 e. The Morgan fingerprint density at radius 2 is 1.86 bits per heavy atom. The minimum atomic E-state index is -0.510. The topological polar surface area (TPSA) is 81.6 Å². The zero-order valence-corrected chi connectivity index (χ0v) is 15.6. The van der Waals surface area contributed by atoms with E-state index >= 15 is 0 Å². The second-order valence-corrected chi connectivity index (χ2v) is 6.53. The Hall–Kier alpha value is -2.87. The van der Waals surface area contributed by atoms with Crippen molar-refractivity contribution in [2.24, 2.45) is 0 Å². The minimum Gasteiger partial charge on any atom is -0.467 e. The van der Waals surface area contributed by atoms with E-state index < -0.39 is 5.97 Å². The Morgan fingerprint density at radius 3 is 2.54 bits per heavy atom. The maximum absolute atomic E-state index is 13.1. The van der Waals surface area contributed by atoms with Crippen molar-refractivity contribution in [3.8, 4) is 11.3 Å². The molecule has 1 aliphatic heterocycles. The van der Waals surface area contributed by atoms with Crippen LogP contribution in [0, 0.1) is 5.82 Å². The maximum atomic E-state index is 13.1. The van der Waals surface area contributed by atoms with Gasteiger partial charge in [-0.2, -0.15) is 0 Å². The molecule has 0 spiro atoms. The number of methoxy groups -OCH3 is 1. The highest BCUT2D eigenvalue weighted by Gasteiger charge is 2.25. The summed E-state index contributed by atoms with van der Waals surface area (Å²) >= 11 is 0. The van der Waals surface area contributed by atoms with E-state index in [0.717, 1.165) is 29.9 Å². The lowest BCUT2D eigenvalue weighted by molar-refractivity contribution is -0.148. The number of rotatable bonds is 6. The number of nitrogens with zero attached hydrogens (tertiary/aromatic N) is 3. The number of halogens is 1. The maximum Gasteiger partial charge on any atom is 0.331 e. The average molecular weight is 387 g/mol. The van der Waals surface area contributed by atoms with E-state index in [1.54, 1.807) is 29.3 Å². The molecule has 8 heteroatoms. The molecule has 1 aromatic heterocycles. The van der Waals surface area contributed by atoms with E-state index in [1.807, 2.05) is 0 Å². The van der Waals surface area contributed by atoms with E-state index in [0.29, 0.717) is 13.1 Å². The lowest BCUT2D eigenvalue weighted by atomic mass is 9.95. The Morgan fingerprint density at radius 1 is 1.14 bits per heavy atom. The van der Waals surface area contributed by atoms with Crippen molar-refractivity contribution < 1.29 is 23.5 Å². The summed E-state index contributed by atoms with van der Waals surface area (Å²) in [7, 11) is 1.27. The number of carbonyl (C=O) groups excluding carboxylic acids is 2. The van der Waals surface area contributed by atoms with Crippen LogP contribution in [0.3, 0.4) is 0 Å². The predicted octanol–water partition coefficient (Wildman–Crippen LogP) is 2.18. The molecule has 1 amide bonds. The quantitative estimate of drug-likeness (QED) is 0.707. The van der Waals surface area contributed by atoms with Crippen LogP contribution in [0.1, 0.15) is 24.6 Å². The molecule has 1 fully saturated rings. The molecule has 148 valence electrons. The van der Waals surface area contributed by atoms with E-state index in [-0.39, 0.29) is 30.9 Å². The van der Waals surface area contributed by atoms with E-state index in [4.69, 9.17) is 4.74 Å². The van der Waals surface area contributed by atoms with Crippen molar-refractivity contribution in [3.63, 3.8) is 0 Å². The SMILES string of the molecule is COC(=O)COCC(=O)N1CCC(c2nccc(-c3ccc(F)cc3)n2)CC1. The van der Waals surface area contributed by atoms with Crippen LogP contribution in [0.25, 0.3) is 11.3 Å². The fourth-order valence-corrected chi connectivity index (χ4v) is 3.11. The molecule has 3 rings (SSSR count). The molecule has 0 bridgehead atoms. The fraction of sp³-hybridized carbons (Fsp3) is 0.400. The van der Waals surface area contributed by atoms with Crippen LogP contribution < -0.4 is 0 Å². The van der Waals surface area contributed by atoms with Gasteiger partial charge >= 0.3 is 5.97 Å². The molecule has 2 aromatic rings. The first-order valence-corrected chi connectivity index (χ1v) is 9.08. The summed E-state index contributed by atoms with van der Waals surface area (Å²) in [5.41, 5.74) is 1.58. The van der Waals surface area contributed by atoms with Crippen molar-refractivity contribution in [1.82, 2.24) is 14.9 Å². The van der Waals surface area contributed by atoms with Gasteiger partial charge in [-0.3, -0.25) is 4.79 Å². The molecule has 0 N–H and O–H groups in total. The lowest BCUT2D eigenvalue weighted by Crippen LogP contribution is -2.40. The molecule has 1 aromatic carbocycles. The number of amides is 1. The second-order valence-electron chi connectivity index (χ2n) is 6.53. The summed E-state index contributed by atoms with van der Waals surface area (Å²) in [6, 6.07) is 8.00. The molecule has 0 atom stereocenters. The number of carbonyl (C=O) groups is 2. The summed E-state index contributed by atoms with van der Waals surface area (Å²) in [5, 5.41) is 0. The second kappa shape index (κ2) is 9.36. The largest absolute Gasteiger partial charge is 0.467 e. The third-order valence-electron chi connectivity index (χ3n) is 4.70. The number of esters is 1. The Labute approximate surface area is 162 Å². The molecule has 0 unspecified atom stereocenters. The highest BCUT2D eigenvalue weighted by Crippen LogP contribution is 2.27. The Kier molecular flexibility index (Phi) is 6.65. The minimum absolute atomic E-state index is 0.143. The standard InChI is InChI=1S/C20H22FN3O4/c1-27-19(26)13-28-12-18(25)24-10-7-15(8-11-24)20-22-9-6-17(23-20)14-2-4-16(21)5-3-14/h2-6,9,15H,7-8,10-13H2,1H3. The van der Waals surface area contributed by atoms with Gasteiger partial charge in [0.25, 0.3) is 0 Å². The zero-order valence-electron chi connectivity index (χ0n) is 15.6. The number of hydrogen-bond acceptors (Lipinski definition) is 6. The fourth-order valence-electron chi connectivity index (χ4n) is 3.11. The Bertz CT molecular complexity index is 820. The number of piperidine rings is 1. The molecule has 0 radical (unpaired) electrons. The highest BCUT2D eigenvalue weighted by molar-refractivity contribution is 5.78. The lowest BCUT2D eigenvalue weighted by Gasteiger charge is -2.31. The molecule has 28 heavy (non-hydrogen) atoms. The van der Waals surface area contributed by atoms with Crippen molar-refractivity contribution in [2.45, 2.75) is 18.8 Å². The van der Waals surface area contributed by atoms with Gasteiger partial charge in [-0.1, -0.05) is 0 Å². The van der Waals surface area contributed by atoms with Crippen LogP contribution in [-0.2, 0) is 19.1 Å². The number of ether oxygens (including phenoxy) is 2. The molecule has 1 aliphatic rings. The molecule has 7 nitrogen and oxygen atoms in total. The van der Waals surface area contributed by atoms with Crippen molar-refractivity contribution >= 4 is 11.9 Å². The van der Waals surface area contributed by atoms with Crippen molar-refractivity contribution in [3.05, 3.63) is 48.2 Å². The summed E-state index contributed by atoms with van der Waals surface area (Å²) in [4.78, 5) is 33.9. The van der Waals surface area contributed by atoms with Gasteiger partial charge in [-0.15, -0.1) is 0 Å². The number of hydrogen-bond donors (Lipinski definition) is 0. The van der Waals surface area contributed by atoms with Crippen LogP contribution in [-0.4, -0.2) is 60.2 Å². The van der Waals surface area contributed by atoms with Gasteiger partial charge in [0.05, 0.1) is 12.8 Å². The van der Waals surface area contributed by atoms with Crippen LogP contribution >= 0.6 is 0 Å². The number of benzene rings is 1. The van der Waals surface area contributed by atoms with Gasteiger partial charge in [0, 0.05) is 30.8 Å². The number of likely N-dealkylation sites (tertiary alicyclic amines) is 1. The van der Waals surface area contributed by atoms with E-state index in [1.165, 1.54) is 19.2 Å². The molecular weight excluding hydrogens is 365 g/mol. The zero-order chi connectivity index (χ0) is 19.9. The summed E-state index contributed by atoms with van der Waals surface area (Å²) in [6.07, 6.45) is 3.20. The third kappa shape index (κ3) is 5.10. The summed E-state index contributed by atoms with van der Waals surface area (Å²) in [6.45, 7) is 0.781. The molecule has 2 heterocycles. The van der Waals surface area contributed by atoms with Crippen LogP contribution in [0.4, 0.5) is 4.39 Å². The van der Waals surface area contributed by atoms with Gasteiger partial charge in [0.15, 0.2) is 0 Å². The van der Waals surface area contributed by atoms with Crippen molar-refractivity contribution in [2.75, 3.05) is 33.4 Å². The first kappa shape index (κ1) is 19.9. The molecular formula is C20H22FN3O4. The van der Waals surface area contributed by atoms with Crippen LogP contribution in [0.2, 0.25) is 0 Å². The molecule has 0 aliphatic carbocycles. The van der Waals surface area contributed by atoms with E-state index in [2.05, 4.69) is 14.7 Å². The normalized spacial score (nSPS) is 14.7. The molecule has 1 saturated heterocycles. The predicted molar refractivity (Wildman–Crippen MR) is 98.8 cm³/mol. The first-order chi connectivity index (χ1) is 13.6. The van der Waals surface area contributed by atoms with Gasteiger partial charge in [-0.05, 0) is 43.2 Å². The number of aromatic nitrogens is 2. The van der Waals surface area contributed by atoms with Crippen LogP contribution in [0.5, 0.6) is 0 Å². The van der Waals surface area contributed by atoms with Gasteiger partial charge in [0.1, 0.15) is 24.9 Å². The Balaban J connectivity index is 1.55. The van der Waals surface area contributed by atoms with Gasteiger partial charge in [0.2, 0.25) is 5.91 Å². The van der Waals surface area contributed by atoms with E-state index in [9.17, 15) is 14.0 Å². The van der Waals surface area contributed by atoms with Crippen LogP contribution in [0.15, 0.2) is 36.5 Å². The average Bonchev–Trinajstić information content (AvgIpc) is 2.74. The summed E-state index contributed by atoms with van der Waals surface area (Å²) in [5.74, 6) is -0.0602. The summed E-state index contributed by atoms with van der Waals surface area (Å²) < 4.78 is 22.6. The molecule has 0 saturated carbocycles. The monoisotopic (exact) mass is 387 g/mol. The van der Waals surface area contributed by atoms with Gasteiger partial charge in [-0.25, -0.2) is 19.2 Å². The highest BCUT2D eigenvalue weighted by atomic mass is 19.1. The van der Waals surface area contributed by atoms with Gasteiger partial charge < -0.3 is 14.4 Å². The third-order valence-corrected chi connectivity index (χ3v) is 4.70.